The molecule has 0 spiro atoms. The SMILES string of the molecule is CC(C)(C)[Si](C)(C)OCCOc1ncc(C(=O)O)c(Cl)c1N. The van der Waals surface area contributed by atoms with Crippen LogP contribution in [0.25, 0.3) is 0 Å². The zero-order chi connectivity index (χ0) is 17.1. The van der Waals surface area contributed by atoms with Crippen LogP contribution in [0.1, 0.15) is 31.1 Å². The molecule has 0 atom stereocenters. The number of aromatic carboxylic acids is 1. The molecular formula is C14H23ClN2O4Si. The third kappa shape index (κ3) is 4.34. The van der Waals surface area contributed by atoms with Gasteiger partial charge in [0.2, 0.25) is 5.88 Å². The second-order valence-corrected chi connectivity index (χ2v) is 11.7. The quantitative estimate of drug-likeness (QED) is 0.605. The fraction of sp³-hybridized carbons (Fsp3) is 0.571. The smallest absolute Gasteiger partial charge is 0.338 e. The summed E-state index contributed by atoms with van der Waals surface area (Å²) in [7, 11) is -1.83. The number of hydrogen-bond donors (Lipinski definition) is 2. The molecule has 1 aromatic rings. The number of pyridine rings is 1. The number of rotatable bonds is 6. The molecule has 0 saturated heterocycles. The van der Waals surface area contributed by atoms with Crippen LogP contribution in [0.4, 0.5) is 5.69 Å². The summed E-state index contributed by atoms with van der Waals surface area (Å²) < 4.78 is 11.4. The van der Waals surface area contributed by atoms with E-state index >= 15 is 0 Å². The predicted octanol–water partition coefficient (Wildman–Crippen LogP) is 3.42. The van der Waals surface area contributed by atoms with Crippen LogP contribution < -0.4 is 10.5 Å². The standard InChI is InChI=1S/C14H23ClN2O4Si/c1-14(2,3)22(4,5)21-7-6-20-12-11(16)10(15)9(8-17-12)13(18)19/h8H,6-7,16H2,1-5H3,(H,18,19). The van der Waals surface area contributed by atoms with Gasteiger partial charge in [-0.05, 0) is 18.1 Å². The van der Waals surface area contributed by atoms with E-state index in [1.54, 1.807) is 0 Å². The van der Waals surface area contributed by atoms with E-state index in [0.29, 0.717) is 6.61 Å². The molecule has 124 valence electrons. The van der Waals surface area contributed by atoms with Crippen molar-refractivity contribution in [2.45, 2.75) is 38.9 Å². The van der Waals surface area contributed by atoms with Crippen molar-refractivity contribution in [1.82, 2.24) is 4.98 Å². The van der Waals surface area contributed by atoms with Crippen LogP contribution in [0.2, 0.25) is 23.2 Å². The zero-order valence-corrected chi connectivity index (χ0v) is 15.3. The van der Waals surface area contributed by atoms with Crippen molar-refractivity contribution in [1.29, 1.82) is 0 Å². The third-order valence-corrected chi connectivity index (χ3v) is 8.78. The fourth-order valence-electron chi connectivity index (χ4n) is 1.40. The lowest BCUT2D eigenvalue weighted by molar-refractivity contribution is 0.0696. The maximum absolute atomic E-state index is 10.9. The molecule has 6 nitrogen and oxygen atoms in total. The number of carboxylic acids is 1. The molecule has 0 bridgehead atoms. The van der Waals surface area contributed by atoms with Gasteiger partial charge in [-0.3, -0.25) is 0 Å². The molecule has 0 unspecified atom stereocenters. The van der Waals surface area contributed by atoms with Gasteiger partial charge in [-0.2, -0.15) is 0 Å². The number of anilines is 1. The summed E-state index contributed by atoms with van der Waals surface area (Å²) in [5, 5.41) is 8.98. The number of carbonyl (C=O) groups is 1. The summed E-state index contributed by atoms with van der Waals surface area (Å²) in [5.41, 5.74) is 5.62. The first-order valence-electron chi connectivity index (χ1n) is 6.91. The van der Waals surface area contributed by atoms with Gasteiger partial charge in [0.1, 0.15) is 12.3 Å². The van der Waals surface area contributed by atoms with Gasteiger partial charge < -0.3 is 20.0 Å². The normalized spacial score (nSPS) is 12.3. The van der Waals surface area contributed by atoms with E-state index in [2.05, 4.69) is 38.8 Å². The molecule has 0 saturated carbocycles. The Hall–Kier alpha value is -1.31. The molecule has 1 heterocycles. The van der Waals surface area contributed by atoms with Gasteiger partial charge >= 0.3 is 5.97 Å². The molecule has 0 aromatic carbocycles. The van der Waals surface area contributed by atoms with Crippen LogP contribution in [0.3, 0.4) is 0 Å². The van der Waals surface area contributed by atoms with Crippen molar-refractivity contribution in [2.24, 2.45) is 0 Å². The number of aromatic nitrogens is 1. The van der Waals surface area contributed by atoms with Crippen LogP contribution in [-0.4, -0.2) is 37.6 Å². The fourth-order valence-corrected chi connectivity index (χ4v) is 2.64. The van der Waals surface area contributed by atoms with E-state index in [0.717, 1.165) is 6.20 Å². The molecule has 1 aromatic heterocycles. The Bertz CT molecular complexity index is 559. The first-order valence-corrected chi connectivity index (χ1v) is 10.2. The topological polar surface area (TPSA) is 94.7 Å². The minimum atomic E-state index is -1.83. The Morgan fingerprint density at radius 3 is 2.50 bits per heavy atom. The largest absolute Gasteiger partial charge is 0.478 e. The molecule has 3 N–H and O–H groups in total. The van der Waals surface area contributed by atoms with Crippen molar-refractivity contribution in [2.75, 3.05) is 18.9 Å². The summed E-state index contributed by atoms with van der Waals surface area (Å²) in [4.78, 5) is 14.8. The Balaban J connectivity index is 2.64. The summed E-state index contributed by atoms with van der Waals surface area (Å²) in [6.07, 6.45) is 1.13. The zero-order valence-electron chi connectivity index (χ0n) is 13.6. The highest BCUT2D eigenvalue weighted by molar-refractivity contribution is 6.74. The lowest BCUT2D eigenvalue weighted by atomic mass is 10.2. The molecule has 0 aliphatic rings. The highest BCUT2D eigenvalue weighted by Crippen LogP contribution is 2.36. The van der Waals surface area contributed by atoms with Crippen LogP contribution in [0.5, 0.6) is 5.88 Å². The van der Waals surface area contributed by atoms with Gasteiger partial charge in [-0.1, -0.05) is 32.4 Å². The van der Waals surface area contributed by atoms with Crippen molar-refractivity contribution in [3.63, 3.8) is 0 Å². The van der Waals surface area contributed by atoms with Crippen LogP contribution in [0, 0.1) is 0 Å². The van der Waals surface area contributed by atoms with Crippen molar-refractivity contribution < 1.29 is 19.1 Å². The van der Waals surface area contributed by atoms with Crippen LogP contribution >= 0.6 is 11.6 Å². The number of carboxylic acid groups (broad SMARTS) is 1. The molecule has 0 fully saturated rings. The number of ether oxygens (including phenoxy) is 1. The average Bonchev–Trinajstić information content (AvgIpc) is 2.37. The predicted molar refractivity (Wildman–Crippen MR) is 89.3 cm³/mol. The molecule has 0 aliphatic heterocycles. The van der Waals surface area contributed by atoms with E-state index in [1.807, 2.05) is 0 Å². The Morgan fingerprint density at radius 2 is 2.00 bits per heavy atom. The molecule has 0 amide bonds. The number of nitrogens with two attached hydrogens (primary N) is 1. The highest BCUT2D eigenvalue weighted by Gasteiger charge is 2.36. The third-order valence-electron chi connectivity index (χ3n) is 3.84. The van der Waals surface area contributed by atoms with Gasteiger partial charge in [0, 0.05) is 6.20 Å². The monoisotopic (exact) mass is 346 g/mol. The molecule has 1 rings (SSSR count). The maximum atomic E-state index is 10.9. The first-order chi connectivity index (χ1) is 9.97. The Morgan fingerprint density at radius 1 is 1.41 bits per heavy atom. The molecule has 22 heavy (non-hydrogen) atoms. The van der Waals surface area contributed by atoms with Crippen molar-refractivity contribution in [3.8, 4) is 5.88 Å². The van der Waals surface area contributed by atoms with Crippen molar-refractivity contribution >= 4 is 31.6 Å². The van der Waals surface area contributed by atoms with E-state index in [9.17, 15) is 4.79 Å². The van der Waals surface area contributed by atoms with E-state index in [1.165, 1.54) is 0 Å². The van der Waals surface area contributed by atoms with Gasteiger partial charge in [0.15, 0.2) is 8.32 Å². The number of halogens is 1. The Kier molecular flexibility index (Phi) is 5.83. The summed E-state index contributed by atoms with van der Waals surface area (Å²) >= 11 is 5.89. The van der Waals surface area contributed by atoms with Gasteiger partial charge in [-0.25, -0.2) is 9.78 Å². The minimum Gasteiger partial charge on any atom is -0.478 e. The van der Waals surface area contributed by atoms with E-state index in [-0.39, 0.29) is 33.8 Å². The summed E-state index contributed by atoms with van der Waals surface area (Å²) in [5.74, 6) is -1.06. The van der Waals surface area contributed by atoms with Gasteiger partial charge in [0.05, 0.1) is 17.2 Å². The molecule has 8 heteroatoms. The van der Waals surface area contributed by atoms with Crippen molar-refractivity contribution in [3.05, 3.63) is 16.8 Å². The average molecular weight is 347 g/mol. The summed E-state index contributed by atoms with van der Waals surface area (Å²) in [6, 6.07) is 0. The molecular weight excluding hydrogens is 324 g/mol. The number of nitrogens with zero attached hydrogens (tertiary/aromatic N) is 1. The van der Waals surface area contributed by atoms with Crippen LogP contribution in [-0.2, 0) is 4.43 Å². The minimum absolute atomic E-state index is 0.0221. The Labute approximate surface area is 136 Å². The first kappa shape index (κ1) is 18.7. The number of hydrogen-bond acceptors (Lipinski definition) is 5. The number of nitrogen functional groups attached to an aromatic ring is 1. The lowest BCUT2D eigenvalue weighted by Gasteiger charge is -2.36. The van der Waals surface area contributed by atoms with Crippen LogP contribution in [0.15, 0.2) is 6.20 Å². The van der Waals surface area contributed by atoms with Gasteiger partial charge in [-0.15, -0.1) is 0 Å². The van der Waals surface area contributed by atoms with Gasteiger partial charge in [0.25, 0.3) is 0 Å². The lowest BCUT2D eigenvalue weighted by Crippen LogP contribution is -2.41. The van der Waals surface area contributed by atoms with E-state index < -0.39 is 14.3 Å². The maximum Gasteiger partial charge on any atom is 0.338 e. The van der Waals surface area contributed by atoms with E-state index in [4.69, 9.17) is 31.6 Å². The molecule has 0 radical (unpaired) electrons. The molecule has 0 aliphatic carbocycles. The summed E-state index contributed by atoms with van der Waals surface area (Å²) in [6.45, 7) is 11.5. The highest BCUT2D eigenvalue weighted by atomic mass is 35.5. The second kappa shape index (κ2) is 6.85. The second-order valence-electron chi connectivity index (χ2n) is 6.47.